The molecule has 0 amide bonds. The molecule has 2 N–H and O–H groups in total. The summed E-state index contributed by atoms with van der Waals surface area (Å²) in [5.41, 5.74) is -0.731. The second-order valence-corrected chi connectivity index (χ2v) is 5.81. The van der Waals surface area contributed by atoms with Crippen LogP contribution in [0.2, 0.25) is 0 Å². The van der Waals surface area contributed by atoms with E-state index in [1.807, 2.05) is 20.8 Å². The molecule has 1 aliphatic heterocycles. The maximum atomic E-state index is 11.5. The largest absolute Gasteiger partial charge is 0.460 e. The molecule has 0 radical (unpaired) electrons. The summed E-state index contributed by atoms with van der Waals surface area (Å²) in [5.74, 6) is -0.213. The van der Waals surface area contributed by atoms with Gasteiger partial charge in [-0.3, -0.25) is 4.79 Å². The van der Waals surface area contributed by atoms with Crippen LogP contribution in [0.3, 0.4) is 0 Å². The fourth-order valence-electron chi connectivity index (χ4n) is 1.98. The molecule has 1 aliphatic rings. The van der Waals surface area contributed by atoms with Gasteiger partial charge in [0.05, 0.1) is 13.0 Å². The first kappa shape index (κ1) is 15.4. The zero-order chi connectivity index (χ0) is 13.6. The highest BCUT2D eigenvalue weighted by molar-refractivity contribution is 5.70. The van der Waals surface area contributed by atoms with E-state index in [1.54, 1.807) is 0 Å². The van der Waals surface area contributed by atoms with Gasteiger partial charge in [-0.2, -0.15) is 0 Å². The molecular formula is C13H25NO4. The second kappa shape index (κ2) is 6.50. The number of carbonyl (C=O) groups excluding carboxylic acids is 1. The summed E-state index contributed by atoms with van der Waals surface area (Å²) in [6.45, 7) is 7.46. The zero-order valence-electron chi connectivity index (χ0n) is 11.6. The van der Waals surface area contributed by atoms with Gasteiger partial charge in [0.2, 0.25) is 0 Å². The summed E-state index contributed by atoms with van der Waals surface area (Å²) < 4.78 is 10.5. The van der Waals surface area contributed by atoms with Crippen molar-refractivity contribution < 1.29 is 19.4 Å². The summed E-state index contributed by atoms with van der Waals surface area (Å²) in [7, 11) is 0. The fraction of sp³-hybridized carbons (Fsp3) is 0.923. The van der Waals surface area contributed by atoms with Gasteiger partial charge < -0.3 is 19.9 Å². The van der Waals surface area contributed by atoms with Gasteiger partial charge in [0.25, 0.3) is 0 Å². The van der Waals surface area contributed by atoms with Crippen molar-refractivity contribution in [1.82, 2.24) is 5.32 Å². The van der Waals surface area contributed by atoms with E-state index in [4.69, 9.17) is 9.47 Å². The Balaban J connectivity index is 2.29. The Morgan fingerprint density at radius 1 is 1.39 bits per heavy atom. The number of rotatable bonds is 5. The standard InChI is InChI=1S/C13H25NO4/c1-12(2,3)18-11(16)4-7-14-13(10-15)5-8-17-9-6-13/h14-15H,4-10H2,1-3H3. The third-order valence-corrected chi connectivity index (χ3v) is 3.00. The van der Waals surface area contributed by atoms with Crippen LogP contribution in [0.25, 0.3) is 0 Å². The van der Waals surface area contributed by atoms with Crippen LogP contribution in [0.5, 0.6) is 0 Å². The number of aliphatic hydroxyl groups excluding tert-OH is 1. The first-order chi connectivity index (χ1) is 8.37. The molecule has 0 saturated carbocycles. The van der Waals surface area contributed by atoms with Crippen molar-refractivity contribution >= 4 is 5.97 Å². The lowest BCUT2D eigenvalue weighted by Gasteiger charge is -2.36. The topological polar surface area (TPSA) is 67.8 Å². The normalized spacial score (nSPS) is 19.6. The molecule has 106 valence electrons. The number of hydrogen-bond acceptors (Lipinski definition) is 5. The third kappa shape index (κ3) is 5.33. The van der Waals surface area contributed by atoms with Crippen LogP contribution < -0.4 is 5.32 Å². The van der Waals surface area contributed by atoms with E-state index >= 15 is 0 Å². The summed E-state index contributed by atoms with van der Waals surface area (Å²) in [6, 6.07) is 0. The van der Waals surface area contributed by atoms with Crippen molar-refractivity contribution in [3.63, 3.8) is 0 Å². The number of esters is 1. The van der Waals surface area contributed by atoms with Gasteiger partial charge in [-0.15, -0.1) is 0 Å². The molecule has 5 nitrogen and oxygen atoms in total. The highest BCUT2D eigenvalue weighted by Crippen LogP contribution is 2.20. The first-order valence-corrected chi connectivity index (χ1v) is 6.52. The molecule has 0 atom stereocenters. The molecule has 1 fully saturated rings. The average Bonchev–Trinajstić information content (AvgIpc) is 2.28. The number of nitrogens with one attached hydrogen (secondary N) is 1. The van der Waals surface area contributed by atoms with Gasteiger partial charge in [0.1, 0.15) is 5.60 Å². The molecule has 0 spiro atoms. The van der Waals surface area contributed by atoms with Crippen LogP contribution in [0, 0.1) is 0 Å². The van der Waals surface area contributed by atoms with E-state index < -0.39 is 5.60 Å². The molecule has 0 bridgehead atoms. The summed E-state index contributed by atoms with van der Waals surface area (Å²) in [6.07, 6.45) is 1.87. The monoisotopic (exact) mass is 259 g/mol. The summed E-state index contributed by atoms with van der Waals surface area (Å²) in [5, 5.41) is 12.7. The molecule has 1 heterocycles. The van der Waals surface area contributed by atoms with E-state index in [-0.39, 0.29) is 18.1 Å². The van der Waals surface area contributed by atoms with Gasteiger partial charge in [-0.1, -0.05) is 0 Å². The molecule has 0 unspecified atom stereocenters. The highest BCUT2D eigenvalue weighted by Gasteiger charge is 2.31. The van der Waals surface area contributed by atoms with Crippen LogP contribution in [0.1, 0.15) is 40.0 Å². The van der Waals surface area contributed by atoms with Gasteiger partial charge in [0, 0.05) is 25.3 Å². The minimum Gasteiger partial charge on any atom is -0.460 e. The SMILES string of the molecule is CC(C)(C)OC(=O)CCNC1(CO)CCOCC1. The predicted octanol–water partition coefficient (Wildman–Crippen LogP) is 0.849. The molecular weight excluding hydrogens is 234 g/mol. The number of carbonyl (C=O) groups is 1. The molecule has 0 aliphatic carbocycles. The Labute approximate surface area is 109 Å². The molecule has 0 aromatic rings. The van der Waals surface area contributed by atoms with E-state index in [0.717, 1.165) is 12.8 Å². The van der Waals surface area contributed by atoms with E-state index in [1.165, 1.54) is 0 Å². The van der Waals surface area contributed by atoms with Gasteiger partial charge in [0.15, 0.2) is 0 Å². The Kier molecular flexibility index (Phi) is 5.56. The Bertz CT molecular complexity index is 267. The Morgan fingerprint density at radius 3 is 2.50 bits per heavy atom. The molecule has 0 aromatic carbocycles. The maximum Gasteiger partial charge on any atom is 0.307 e. The molecule has 0 aromatic heterocycles. The van der Waals surface area contributed by atoms with Crippen LogP contribution in [0.15, 0.2) is 0 Å². The van der Waals surface area contributed by atoms with Crippen LogP contribution in [0.4, 0.5) is 0 Å². The highest BCUT2D eigenvalue weighted by atomic mass is 16.6. The average molecular weight is 259 g/mol. The van der Waals surface area contributed by atoms with Crippen molar-refractivity contribution in [2.45, 2.75) is 51.2 Å². The van der Waals surface area contributed by atoms with Gasteiger partial charge >= 0.3 is 5.97 Å². The van der Waals surface area contributed by atoms with Crippen molar-refractivity contribution in [3.05, 3.63) is 0 Å². The Morgan fingerprint density at radius 2 is 2.00 bits per heavy atom. The van der Waals surface area contributed by atoms with Crippen LogP contribution >= 0.6 is 0 Å². The van der Waals surface area contributed by atoms with Crippen LogP contribution in [-0.2, 0) is 14.3 Å². The van der Waals surface area contributed by atoms with E-state index in [0.29, 0.717) is 26.2 Å². The first-order valence-electron chi connectivity index (χ1n) is 6.52. The molecule has 1 rings (SSSR count). The smallest absolute Gasteiger partial charge is 0.307 e. The lowest BCUT2D eigenvalue weighted by Crippen LogP contribution is -2.52. The number of ether oxygens (including phenoxy) is 2. The Hall–Kier alpha value is -0.650. The molecule has 18 heavy (non-hydrogen) atoms. The lowest BCUT2D eigenvalue weighted by atomic mass is 9.91. The van der Waals surface area contributed by atoms with Crippen molar-refractivity contribution in [2.24, 2.45) is 0 Å². The van der Waals surface area contributed by atoms with Crippen LogP contribution in [-0.4, -0.2) is 48.6 Å². The van der Waals surface area contributed by atoms with Gasteiger partial charge in [-0.25, -0.2) is 0 Å². The second-order valence-electron chi connectivity index (χ2n) is 5.81. The molecule has 1 saturated heterocycles. The van der Waals surface area contributed by atoms with Gasteiger partial charge in [-0.05, 0) is 33.6 Å². The predicted molar refractivity (Wildman–Crippen MR) is 68.3 cm³/mol. The van der Waals surface area contributed by atoms with E-state index in [2.05, 4.69) is 5.32 Å². The van der Waals surface area contributed by atoms with Crippen molar-refractivity contribution in [1.29, 1.82) is 0 Å². The zero-order valence-corrected chi connectivity index (χ0v) is 11.6. The quantitative estimate of drug-likeness (QED) is 0.716. The fourth-order valence-corrected chi connectivity index (χ4v) is 1.98. The summed E-state index contributed by atoms with van der Waals surface area (Å²) >= 11 is 0. The molecule has 5 heteroatoms. The number of hydrogen-bond donors (Lipinski definition) is 2. The number of aliphatic hydroxyl groups is 1. The lowest BCUT2D eigenvalue weighted by molar-refractivity contribution is -0.154. The maximum absolute atomic E-state index is 11.5. The minimum absolute atomic E-state index is 0.0741. The van der Waals surface area contributed by atoms with Crippen molar-refractivity contribution in [2.75, 3.05) is 26.4 Å². The van der Waals surface area contributed by atoms with Crippen molar-refractivity contribution in [3.8, 4) is 0 Å². The summed E-state index contributed by atoms with van der Waals surface area (Å²) in [4.78, 5) is 11.5. The van der Waals surface area contributed by atoms with E-state index in [9.17, 15) is 9.90 Å². The third-order valence-electron chi connectivity index (χ3n) is 3.00. The minimum atomic E-state index is -0.440.